The molecule has 1 aromatic heterocycles. The van der Waals surface area contributed by atoms with Gasteiger partial charge in [0.2, 0.25) is 0 Å². The zero-order chi connectivity index (χ0) is 14.0. The SMILES string of the molecule is Cc1cc(NC(C)c2nccnc2C)cc(C)c1Br. The maximum Gasteiger partial charge on any atom is 0.0835 e. The monoisotopic (exact) mass is 319 g/mol. The van der Waals surface area contributed by atoms with Crippen LogP contribution < -0.4 is 5.32 Å². The van der Waals surface area contributed by atoms with Gasteiger partial charge in [0.05, 0.1) is 17.4 Å². The molecule has 1 unspecified atom stereocenters. The molecule has 0 radical (unpaired) electrons. The first-order valence-electron chi connectivity index (χ1n) is 6.30. The van der Waals surface area contributed by atoms with Crippen LogP contribution in [0.1, 0.15) is 35.5 Å². The predicted molar refractivity (Wildman–Crippen MR) is 82.4 cm³/mol. The van der Waals surface area contributed by atoms with Crippen molar-refractivity contribution >= 4 is 21.6 Å². The van der Waals surface area contributed by atoms with Crippen LogP contribution in [-0.2, 0) is 0 Å². The van der Waals surface area contributed by atoms with Crippen molar-refractivity contribution in [3.63, 3.8) is 0 Å². The summed E-state index contributed by atoms with van der Waals surface area (Å²) >= 11 is 3.59. The summed E-state index contributed by atoms with van der Waals surface area (Å²) in [7, 11) is 0. The second-order valence-electron chi connectivity index (χ2n) is 4.82. The van der Waals surface area contributed by atoms with Gasteiger partial charge in [-0.2, -0.15) is 0 Å². The number of hydrogen-bond donors (Lipinski definition) is 1. The van der Waals surface area contributed by atoms with Gasteiger partial charge in [0.1, 0.15) is 0 Å². The average Bonchev–Trinajstić information content (AvgIpc) is 2.36. The summed E-state index contributed by atoms with van der Waals surface area (Å²) < 4.78 is 1.17. The van der Waals surface area contributed by atoms with E-state index in [9.17, 15) is 0 Å². The topological polar surface area (TPSA) is 37.8 Å². The first-order valence-corrected chi connectivity index (χ1v) is 7.09. The summed E-state index contributed by atoms with van der Waals surface area (Å²) in [5.41, 5.74) is 5.51. The minimum absolute atomic E-state index is 0.133. The van der Waals surface area contributed by atoms with Gasteiger partial charge in [-0.1, -0.05) is 15.9 Å². The summed E-state index contributed by atoms with van der Waals surface area (Å²) in [6.07, 6.45) is 3.46. The summed E-state index contributed by atoms with van der Waals surface area (Å²) in [4.78, 5) is 8.68. The molecule has 0 fully saturated rings. The van der Waals surface area contributed by atoms with Crippen LogP contribution in [0.15, 0.2) is 29.0 Å². The minimum Gasteiger partial charge on any atom is -0.377 e. The zero-order valence-corrected chi connectivity index (χ0v) is 13.2. The highest BCUT2D eigenvalue weighted by Crippen LogP contribution is 2.27. The third kappa shape index (κ3) is 3.13. The highest BCUT2D eigenvalue weighted by Gasteiger charge is 2.11. The Labute approximate surface area is 122 Å². The lowest BCUT2D eigenvalue weighted by Gasteiger charge is -2.17. The summed E-state index contributed by atoms with van der Waals surface area (Å²) in [5, 5.41) is 3.48. The van der Waals surface area contributed by atoms with Gasteiger partial charge in [-0.25, -0.2) is 0 Å². The molecular weight excluding hydrogens is 302 g/mol. The molecule has 4 heteroatoms. The van der Waals surface area contributed by atoms with Crippen molar-refractivity contribution in [2.75, 3.05) is 5.32 Å². The second-order valence-corrected chi connectivity index (χ2v) is 5.61. The van der Waals surface area contributed by atoms with Crippen LogP contribution >= 0.6 is 15.9 Å². The van der Waals surface area contributed by atoms with Crippen LogP contribution in [0.25, 0.3) is 0 Å². The van der Waals surface area contributed by atoms with Gasteiger partial charge in [-0.15, -0.1) is 0 Å². The van der Waals surface area contributed by atoms with E-state index in [4.69, 9.17) is 0 Å². The Balaban J connectivity index is 2.24. The number of nitrogens with one attached hydrogen (secondary N) is 1. The lowest BCUT2D eigenvalue weighted by atomic mass is 10.1. The fraction of sp³-hybridized carbons (Fsp3) is 0.333. The van der Waals surface area contributed by atoms with E-state index in [1.165, 1.54) is 15.6 Å². The molecular formula is C15H18BrN3. The van der Waals surface area contributed by atoms with Crippen molar-refractivity contribution in [1.82, 2.24) is 9.97 Å². The first-order chi connectivity index (χ1) is 8.99. The molecule has 0 amide bonds. The maximum atomic E-state index is 4.40. The highest BCUT2D eigenvalue weighted by atomic mass is 79.9. The van der Waals surface area contributed by atoms with Gasteiger partial charge in [0, 0.05) is 22.6 Å². The lowest BCUT2D eigenvalue weighted by molar-refractivity contribution is 0.809. The largest absolute Gasteiger partial charge is 0.377 e. The molecule has 1 heterocycles. The average molecular weight is 320 g/mol. The van der Waals surface area contributed by atoms with E-state index in [1.807, 2.05) is 6.92 Å². The van der Waals surface area contributed by atoms with Crippen LogP contribution in [0.3, 0.4) is 0 Å². The van der Waals surface area contributed by atoms with Gasteiger partial charge in [0.25, 0.3) is 0 Å². The molecule has 0 aliphatic heterocycles. The van der Waals surface area contributed by atoms with Gasteiger partial charge < -0.3 is 5.32 Å². The molecule has 0 aliphatic rings. The lowest BCUT2D eigenvalue weighted by Crippen LogP contribution is -2.11. The number of hydrogen-bond acceptors (Lipinski definition) is 3. The summed E-state index contributed by atoms with van der Waals surface area (Å²) in [5.74, 6) is 0. The molecule has 0 saturated heterocycles. The molecule has 1 N–H and O–H groups in total. The molecule has 2 rings (SSSR count). The zero-order valence-electron chi connectivity index (χ0n) is 11.7. The normalized spacial score (nSPS) is 12.3. The molecule has 1 atom stereocenters. The standard InChI is InChI=1S/C15H18BrN3/c1-9-7-13(8-10(2)14(9)16)19-12(4)15-11(3)17-5-6-18-15/h5-8,12,19H,1-4H3. The molecule has 100 valence electrons. The number of rotatable bonds is 3. The number of aryl methyl sites for hydroxylation is 3. The Kier molecular flexibility index (Phi) is 4.20. The fourth-order valence-corrected chi connectivity index (χ4v) is 2.42. The van der Waals surface area contributed by atoms with Crippen LogP contribution in [0, 0.1) is 20.8 Å². The fourth-order valence-electron chi connectivity index (χ4n) is 2.19. The van der Waals surface area contributed by atoms with E-state index < -0.39 is 0 Å². The molecule has 0 spiro atoms. The predicted octanol–water partition coefficient (Wildman–Crippen LogP) is 4.34. The minimum atomic E-state index is 0.133. The Morgan fingerprint density at radius 2 is 1.63 bits per heavy atom. The quantitative estimate of drug-likeness (QED) is 0.914. The second kappa shape index (κ2) is 5.70. The smallest absolute Gasteiger partial charge is 0.0835 e. The van der Waals surface area contributed by atoms with Gasteiger partial charge in [-0.05, 0) is 51.0 Å². The Morgan fingerprint density at radius 3 is 2.21 bits per heavy atom. The van der Waals surface area contributed by atoms with E-state index in [1.54, 1.807) is 12.4 Å². The molecule has 2 aromatic rings. The highest BCUT2D eigenvalue weighted by molar-refractivity contribution is 9.10. The van der Waals surface area contributed by atoms with E-state index in [-0.39, 0.29) is 6.04 Å². The van der Waals surface area contributed by atoms with Crippen molar-refractivity contribution in [3.8, 4) is 0 Å². The van der Waals surface area contributed by atoms with Crippen LogP contribution in [-0.4, -0.2) is 9.97 Å². The molecule has 3 nitrogen and oxygen atoms in total. The van der Waals surface area contributed by atoms with Gasteiger partial charge in [0.15, 0.2) is 0 Å². The number of nitrogens with zero attached hydrogens (tertiary/aromatic N) is 2. The van der Waals surface area contributed by atoms with Gasteiger partial charge in [-0.3, -0.25) is 9.97 Å². The van der Waals surface area contributed by atoms with Crippen LogP contribution in [0.4, 0.5) is 5.69 Å². The van der Waals surface area contributed by atoms with Crippen LogP contribution in [0.5, 0.6) is 0 Å². The molecule has 0 bridgehead atoms. The third-order valence-corrected chi connectivity index (χ3v) is 4.40. The summed E-state index contributed by atoms with van der Waals surface area (Å²) in [6, 6.07) is 4.41. The van der Waals surface area contributed by atoms with Crippen molar-refractivity contribution < 1.29 is 0 Å². The van der Waals surface area contributed by atoms with Gasteiger partial charge >= 0.3 is 0 Å². The van der Waals surface area contributed by atoms with E-state index >= 15 is 0 Å². The Morgan fingerprint density at radius 1 is 1.05 bits per heavy atom. The summed E-state index contributed by atoms with van der Waals surface area (Å²) in [6.45, 7) is 8.28. The van der Waals surface area contributed by atoms with E-state index in [2.05, 4.69) is 64.1 Å². The number of anilines is 1. The van der Waals surface area contributed by atoms with Crippen molar-refractivity contribution in [3.05, 3.63) is 51.5 Å². The maximum absolute atomic E-state index is 4.40. The number of benzene rings is 1. The number of aromatic nitrogens is 2. The molecule has 0 aliphatic carbocycles. The molecule has 1 aromatic carbocycles. The van der Waals surface area contributed by atoms with E-state index in [0.717, 1.165) is 17.1 Å². The Hall–Kier alpha value is -1.42. The molecule has 0 saturated carbocycles. The van der Waals surface area contributed by atoms with Crippen LogP contribution in [0.2, 0.25) is 0 Å². The Bertz CT molecular complexity index is 573. The third-order valence-electron chi connectivity index (χ3n) is 3.15. The van der Waals surface area contributed by atoms with E-state index in [0.29, 0.717) is 0 Å². The molecule has 19 heavy (non-hydrogen) atoms. The van der Waals surface area contributed by atoms with Crippen molar-refractivity contribution in [2.24, 2.45) is 0 Å². The van der Waals surface area contributed by atoms with Crippen molar-refractivity contribution in [1.29, 1.82) is 0 Å². The first kappa shape index (κ1) is 14.0. The number of halogens is 1. The van der Waals surface area contributed by atoms with Crippen molar-refractivity contribution in [2.45, 2.75) is 33.7 Å².